The third-order valence-electron chi connectivity index (χ3n) is 3.25. The highest BCUT2D eigenvalue weighted by molar-refractivity contribution is 5.37. The van der Waals surface area contributed by atoms with Crippen molar-refractivity contribution in [2.75, 3.05) is 6.54 Å². The van der Waals surface area contributed by atoms with Crippen molar-refractivity contribution < 1.29 is 5.11 Å². The molecule has 0 aliphatic heterocycles. The molecule has 1 heterocycles. The van der Waals surface area contributed by atoms with Crippen molar-refractivity contribution >= 4 is 0 Å². The number of phenols is 1. The number of rotatable bonds is 6. The molecule has 2 aromatic rings. The van der Waals surface area contributed by atoms with Gasteiger partial charge in [0.05, 0.1) is 0 Å². The second-order valence-electron chi connectivity index (χ2n) is 4.88. The topological polar surface area (TPSA) is 60.9 Å². The van der Waals surface area contributed by atoms with Gasteiger partial charge in [-0.05, 0) is 38.4 Å². The van der Waals surface area contributed by atoms with E-state index in [0.717, 1.165) is 36.3 Å². The predicted molar refractivity (Wildman–Crippen MR) is 76.2 cm³/mol. The molecule has 1 unspecified atom stereocenters. The summed E-state index contributed by atoms with van der Waals surface area (Å²) in [6.45, 7) is 4.94. The molecule has 19 heavy (non-hydrogen) atoms. The molecule has 0 radical (unpaired) electrons. The van der Waals surface area contributed by atoms with Crippen molar-refractivity contribution in [3.63, 3.8) is 0 Å². The van der Waals surface area contributed by atoms with E-state index in [1.54, 1.807) is 12.3 Å². The quantitative estimate of drug-likeness (QED) is 0.699. The first-order valence-electron chi connectivity index (χ1n) is 6.68. The van der Waals surface area contributed by atoms with Gasteiger partial charge in [-0.15, -0.1) is 0 Å². The van der Waals surface area contributed by atoms with Gasteiger partial charge in [0, 0.05) is 30.4 Å². The van der Waals surface area contributed by atoms with Gasteiger partial charge < -0.3 is 15.4 Å². The molecule has 0 amide bonds. The second kappa shape index (κ2) is 6.38. The molecule has 0 saturated heterocycles. The molecular formula is C15H21N3O. The first-order chi connectivity index (χ1) is 9.16. The average Bonchev–Trinajstić information content (AvgIpc) is 2.87. The Morgan fingerprint density at radius 1 is 1.42 bits per heavy atom. The molecular weight excluding hydrogens is 238 g/mol. The maximum absolute atomic E-state index is 9.91. The standard InChI is InChI=1S/C15H21N3O/c1-11-5-6-13(14(19)10-11)12(2)16-7-3-4-15-17-8-9-18-15/h5-6,8-10,12,16,19H,3-4,7H2,1-2H3,(H,17,18). The molecule has 1 aromatic heterocycles. The number of imidazole rings is 1. The number of benzene rings is 1. The lowest BCUT2D eigenvalue weighted by molar-refractivity contribution is 0.451. The summed E-state index contributed by atoms with van der Waals surface area (Å²) in [5.41, 5.74) is 2.02. The number of H-pyrrole nitrogens is 1. The lowest BCUT2D eigenvalue weighted by Crippen LogP contribution is -2.20. The van der Waals surface area contributed by atoms with Crippen molar-refractivity contribution in [3.8, 4) is 5.75 Å². The van der Waals surface area contributed by atoms with E-state index in [9.17, 15) is 5.11 Å². The number of phenolic OH excluding ortho intramolecular Hbond substituents is 1. The van der Waals surface area contributed by atoms with Gasteiger partial charge in [-0.3, -0.25) is 0 Å². The third kappa shape index (κ3) is 3.83. The van der Waals surface area contributed by atoms with Gasteiger partial charge >= 0.3 is 0 Å². The number of aromatic nitrogens is 2. The van der Waals surface area contributed by atoms with Crippen LogP contribution < -0.4 is 5.32 Å². The number of aromatic amines is 1. The molecule has 102 valence electrons. The van der Waals surface area contributed by atoms with Crippen molar-refractivity contribution in [2.24, 2.45) is 0 Å². The van der Waals surface area contributed by atoms with Gasteiger partial charge in [0.15, 0.2) is 0 Å². The Bertz CT molecular complexity index is 508. The van der Waals surface area contributed by atoms with E-state index < -0.39 is 0 Å². The number of nitrogens with zero attached hydrogens (tertiary/aromatic N) is 1. The van der Waals surface area contributed by atoms with Crippen LogP contribution in [0.5, 0.6) is 5.75 Å². The van der Waals surface area contributed by atoms with Crippen LogP contribution in [0.15, 0.2) is 30.6 Å². The van der Waals surface area contributed by atoms with E-state index in [1.807, 2.05) is 25.3 Å². The zero-order valence-electron chi connectivity index (χ0n) is 11.5. The number of aryl methyl sites for hydroxylation is 2. The largest absolute Gasteiger partial charge is 0.508 e. The van der Waals surface area contributed by atoms with Crippen LogP contribution in [0.2, 0.25) is 0 Å². The molecule has 4 nitrogen and oxygen atoms in total. The van der Waals surface area contributed by atoms with Crippen LogP contribution in [0.3, 0.4) is 0 Å². The molecule has 2 rings (SSSR count). The summed E-state index contributed by atoms with van der Waals surface area (Å²) < 4.78 is 0. The monoisotopic (exact) mass is 259 g/mol. The highest BCUT2D eigenvalue weighted by atomic mass is 16.3. The minimum atomic E-state index is 0.150. The van der Waals surface area contributed by atoms with E-state index in [4.69, 9.17) is 0 Å². The molecule has 0 saturated carbocycles. The van der Waals surface area contributed by atoms with Crippen molar-refractivity contribution in [2.45, 2.75) is 32.7 Å². The highest BCUT2D eigenvalue weighted by Crippen LogP contribution is 2.24. The smallest absolute Gasteiger partial charge is 0.120 e. The Balaban J connectivity index is 1.79. The van der Waals surface area contributed by atoms with Gasteiger partial charge in [0.2, 0.25) is 0 Å². The maximum atomic E-state index is 9.91. The Hall–Kier alpha value is -1.81. The minimum Gasteiger partial charge on any atom is -0.508 e. The van der Waals surface area contributed by atoms with Crippen LogP contribution in [0.4, 0.5) is 0 Å². The maximum Gasteiger partial charge on any atom is 0.120 e. The fourth-order valence-corrected chi connectivity index (χ4v) is 2.14. The molecule has 0 aliphatic rings. The summed E-state index contributed by atoms with van der Waals surface area (Å²) in [4.78, 5) is 7.28. The van der Waals surface area contributed by atoms with E-state index in [2.05, 4.69) is 22.2 Å². The summed E-state index contributed by atoms with van der Waals surface area (Å²) in [7, 11) is 0. The molecule has 0 fully saturated rings. The van der Waals surface area contributed by atoms with Gasteiger partial charge in [0.25, 0.3) is 0 Å². The van der Waals surface area contributed by atoms with Gasteiger partial charge in [-0.2, -0.15) is 0 Å². The first-order valence-corrected chi connectivity index (χ1v) is 6.68. The minimum absolute atomic E-state index is 0.150. The van der Waals surface area contributed by atoms with Crippen LogP contribution in [0.25, 0.3) is 0 Å². The van der Waals surface area contributed by atoms with Gasteiger partial charge in [-0.25, -0.2) is 4.98 Å². The van der Waals surface area contributed by atoms with E-state index in [1.165, 1.54) is 0 Å². The van der Waals surface area contributed by atoms with Crippen LogP contribution >= 0.6 is 0 Å². The Labute approximate surface area is 113 Å². The summed E-state index contributed by atoms with van der Waals surface area (Å²) in [5.74, 6) is 1.39. The summed E-state index contributed by atoms with van der Waals surface area (Å²) in [6, 6.07) is 5.96. The Morgan fingerprint density at radius 2 is 2.26 bits per heavy atom. The van der Waals surface area contributed by atoms with Crippen LogP contribution in [0.1, 0.15) is 36.3 Å². The first kappa shape index (κ1) is 13.6. The number of aromatic hydroxyl groups is 1. The van der Waals surface area contributed by atoms with Crippen LogP contribution in [-0.2, 0) is 6.42 Å². The zero-order chi connectivity index (χ0) is 13.7. The summed E-state index contributed by atoms with van der Waals surface area (Å²) >= 11 is 0. The van der Waals surface area contributed by atoms with Crippen molar-refractivity contribution in [1.29, 1.82) is 0 Å². The van der Waals surface area contributed by atoms with E-state index in [-0.39, 0.29) is 6.04 Å². The van der Waals surface area contributed by atoms with Crippen molar-refractivity contribution in [3.05, 3.63) is 47.5 Å². The highest BCUT2D eigenvalue weighted by Gasteiger charge is 2.09. The lowest BCUT2D eigenvalue weighted by Gasteiger charge is -2.15. The molecule has 0 bridgehead atoms. The number of hydrogen-bond acceptors (Lipinski definition) is 3. The summed E-state index contributed by atoms with van der Waals surface area (Å²) in [5, 5.41) is 13.3. The SMILES string of the molecule is Cc1ccc(C(C)NCCCc2ncc[nH]2)c(O)c1. The van der Waals surface area contributed by atoms with E-state index >= 15 is 0 Å². The van der Waals surface area contributed by atoms with Gasteiger partial charge in [0.1, 0.15) is 11.6 Å². The fraction of sp³-hybridized carbons (Fsp3) is 0.400. The zero-order valence-corrected chi connectivity index (χ0v) is 11.5. The molecule has 4 heteroatoms. The lowest BCUT2D eigenvalue weighted by atomic mass is 10.0. The Morgan fingerprint density at radius 3 is 2.95 bits per heavy atom. The fourth-order valence-electron chi connectivity index (χ4n) is 2.14. The van der Waals surface area contributed by atoms with Crippen LogP contribution in [-0.4, -0.2) is 21.6 Å². The third-order valence-corrected chi connectivity index (χ3v) is 3.25. The molecule has 1 atom stereocenters. The molecule has 0 spiro atoms. The normalized spacial score (nSPS) is 12.5. The molecule has 3 N–H and O–H groups in total. The van der Waals surface area contributed by atoms with Gasteiger partial charge in [-0.1, -0.05) is 12.1 Å². The summed E-state index contributed by atoms with van der Waals surface area (Å²) in [6.07, 6.45) is 5.57. The Kier molecular flexibility index (Phi) is 4.58. The molecule has 0 aliphatic carbocycles. The molecule has 1 aromatic carbocycles. The average molecular weight is 259 g/mol. The van der Waals surface area contributed by atoms with E-state index in [0.29, 0.717) is 5.75 Å². The predicted octanol–water partition coefficient (Wildman–Crippen LogP) is 2.71. The number of nitrogens with one attached hydrogen (secondary N) is 2. The number of hydrogen-bond donors (Lipinski definition) is 3. The second-order valence-corrected chi connectivity index (χ2v) is 4.88. The van der Waals surface area contributed by atoms with Crippen LogP contribution in [0, 0.1) is 6.92 Å². The van der Waals surface area contributed by atoms with Crippen molar-refractivity contribution in [1.82, 2.24) is 15.3 Å².